The number of rotatable bonds is 6. The third-order valence-electron chi connectivity index (χ3n) is 4.94. The number of ether oxygens (including phenoxy) is 1. The molecule has 1 saturated carbocycles. The smallest absolute Gasteiger partial charge is 0.0757 e. The van der Waals surface area contributed by atoms with Gasteiger partial charge < -0.3 is 10.5 Å². The van der Waals surface area contributed by atoms with Gasteiger partial charge >= 0.3 is 0 Å². The van der Waals surface area contributed by atoms with Crippen molar-refractivity contribution in [3.05, 3.63) is 34.9 Å². The van der Waals surface area contributed by atoms with E-state index in [4.69, 9.17) is 10.5 Å². The first kappa shape index (κ1) is 16.5. The first-order valence-corrected chi connectivity index (χ1v) is 8.55. The van der Waals surface area contributed by atoms with E-state index >= 15 is 0 Å². The van der Waals surface area contributed by atoms with Crippen LogP contribution in [0.5, 0.6) is 0 Å². The lowest BCUT2D eigenvalue weighted by Gasteiger charge is -2.34. The van der Waals surface area contributed by atoms with Crippen LogP contribution in [0.3, 0.4) is 0 Å². The molecule has 0 aromatic heterocycles. The third kappa shape index (κ3) is 4.55. The van der Waals surface area contributed by atoms with Crippen molar-refractivity contribution in [3.8, 4) is 0 Å². The molecule has 1 aliphatic rings. The Balaban J connectivity index is 2.02. The fourth-order valence-electron chi connectivity index (χ4n) is 3.58. The molecule has 2 rings (SSSR count). The maximum atomic E-state index is 6.53. The Bertz CT molecular complexity index is 437. The molecule has 1 fully saturated rings. The molecule has 1 aliphatic carbocycles. The normalized spacial score (nSPS) is 19.4. The van der Waals surface area contributed by atoms with Crippen molar-refractivity contribution in [2.24, 2.45) is 11.7 Å². The Morgan fingerprint density at radius 2 is 1.86 bits per heavy atom. The Morgan fingerprint density at radius 3 is 2.48 bits per heavy atom. The van der Waals surface area contributed by atoms with E-state index in [1.54, 1.807) is 0 Å². The van der Waals surface area contributed by atoms with Crippen molar-refractivity contribution in [3.63, 3.8) is 0 Å². The largest absolute Gasteiger partial charge is 0.377 e. The highest BCUT2D eigenvalue weighted by Gasteiger charge is 2.29. The highest BCUT2D eigenvalue weighted by molar-refractivity contribution is 5.30. The lowest BCUT2D eigenvalue weighted by atomic mass is 9.81. The fourth-order valence-corrected chi connectivity index (χ4v) is 3.58. The molecule has 0 saturated heterocycles. The molecule has 2 N–H and O–H groups in total. The van der Waals surface area contributed by atoms with Crippen LogP contribution in [0.4, 0.5) is 0 Å². The molecule has 2 nitrogen and oxygen atoms in total. The molecule has 2 unspecified atom stereocenters. The van der Waals surface area contributed by atoms with E-state index in [-0.39, 0.29) is 12.1 Å². The first-order valence-electron chi connectivity index (χ1n) is 8.55. The Hall–Kier alpha value is -0.860. The third-order valence-corrected chi connectivity index (χ3v) is 4.94. The number of hydrogen-bond donors (Lipinski definition) is 1. The van der Waals surface area contributed by atoms with Gasteiger partial charge in [0.25, 0.3) is 0 Å². The van der Waals surface area contributed by atoms with Crippen LogP contribution in [0.25, 0.3) is 0 Å². The second-order valence-electron chi connectivity index (χ2n) is 6.60. The summed E-state index contributed by atoms with van der Waals surface area (Å²) in [4.78, 5) is 0. The van der Waals surface area contributed by atoms with Crippen LogP contribution in [0, 0.1) is 19.8 Å². The van der Waals surface area contributed by atoms with Crippen LogP contribution in [0.2, 0.25) is 0 Å². The lowest BCUT2D eigenvalue weighted by Crippen LogP contribution is -2.44. The van der Waals surface area contributed by atoms with E-state index < -0.39 is 0 Å². The van der Waals surface area contributed by atoms with Gasteiger partial charge in [0.05, 0.1) is 6.10 Å². The summed E-state index contributed by atoms with van der Waals surface area (Å²) in [6.45, 7) is 7.18. The highest BCUT2D eigenvalue weighted by atomic mass is 16.5. The van der Waals surface area contributed by atoms with Gasteiger partial charge in [-0.05, 0) is 62.6 Å². The number of aryl methyl sites for hydroxylation is 2. The number of hydrogen-bond acceptors (Lipinski definition) is 2. The van der Waals surface area contributed by atoms with Gasteiger partial charge in [-0.15, -0.1) is 0 Å². The van der Waals surface area contributed by atoms with Gasteiger partial charge in [-0.25, -0.2) is 0 Å². The maximum absolute atomic E-state index is 6.53. The van der Waals surface area contributed by atoms with Gasteiger partial charge in [-0.3, -0.25) is 0 Å². The average Bonchev–Trinajstić information content (AvgIpc) is 2.49. The van der Waals surface area contributed by atoms with Crippen LogP contribution in [-0.4, -0.2) is 18.8 Å². The zero-order valence-electron chi connectivity index (χ0n) is 13.9. The van der Waals surface area contributed by atoms with Gasteiger partial charge in [0.15, 0.2) is 0 Å². The summed E-state index contributed by atoms with van der Waals surface area (Å²) in [7, 11) is 0. The van der Waals surface area contributed by atoms with Crippen molar-refractivity contribution in [2.75, 3.05) is 6.61 Å². The minimum absolute atomic E-state index is 0.107. The Labute approximate surface area is 130 Å². The van der Waals surface area contributed by atoms with Crippen LogP contribution in [-0.2, 0) is 11.2 Å². The Morgan fingerprint density at radius 1 is 1.14 bits per heavy atom. The lowest BCUT2D eigenvalue weighted by molar-refractivity contribution is -0.00912. The van der Waals surface area contributed by atoms with Crippen LogP contribution in [0.1, 0.15) is 55.7 Å². The zero-order valence-corrected chi connectivity index (χ0v) is 13.9. The molecule has 2 atom stereocenters. The molecule has 0 radical (unpaired) electrons. The predicted molar refractivity (Wildman–Crippen MR) is 89.6 cm³/mol. The molecule has 2 heteroatoms. The van der Waals surface area contributed by atoms with Gasteiger partial charge in [0.2, 0.25) is 0 Å². The summed E-state index contributed by atoms with van der Waals surface area (Å²) in [5.41, 5.74) is 10.6. The van der Waals surface area contributed by atoms with Crippen molar-refractivity contribution in [1.82, 2.24) is 0 Å². The number of benzene rings is 1. The molecule has 21 heavy (non-hydrogen) atoms. The van der Waals surface area contributed by atoms with E-state index in [2.05, 4.69) is 39.0 Å². The maximum Gasteiger partial charge on any atom is 0.0757 e. The standard InChI is InChI=1S/C19H31NO/c1-4-21-19(17-8-6-5-7-9-17)18(20)13-16-11-10-14(2)15(3)12-16/h10-12,17-19H,4-9,13,20H2,1-3H3. The molecule has 0 spiro atoms. The van der Waals surface area contributed by atoms with Gasteiger partial charge in [0.1, 0.15) is 0 Å². The van der Waals surface area contributed by atoms with Crippen molar-refractivity contribution in [2.45, 2.75) is 71.4 Å². The molecule has 0 amide bonds. The molecular weight excluding hydrogens is 258 g/mol. The van der Waals surface area contributed by atoms with Crippen LogP contribution >= 0.6 is 0 Å². The summed E-state index contributed by atoms with van der Waals surface area (Å²) in [5.74, 6) is 0.653. The summed E-state index contributed by atoms with van der Waals surface area (Å²) in [6, 6.07) is 6.80. The zero-order chi connectivity index (χ0) is 15.2. The quantitative estimate of drug-likeness (QED) is 0.853. The van der Waals surface area contributed by atoms with Gasteiger partial charge in [-0.2, -0.15) is 0 Å². The summed E-state index contributed by atoms with van der Waals surface area (Å²) in [6.07, 6.45) is 7.76. The first-order chi connectivity index (χ1) is 10.1. The van der Waals surface area contributed by atoms with Crippen LogP contribution in [0.15, 0.2) is 18.2 Å². The van der Waals surface area contributed by atoms with Crippen molar-refractivity contribution >= 4 is 0 Å². The summed E-state index contributed by atoms with van der Waals surface area (Å²) in [5, 5.41) is 0. The molecule has 118 valence electrons. The topological polar surface area (TPSA) is 35.2 Å². The SMILES string of the molecule is CCOC(C(N)Cc1ccc(C)c(C)c1)C1CCCCC1. The monoisotopic (exact) mass is 289 g/mol. The second kappa shape index (κ2) is 7.95. The van der Waals surface area contributed by atoms with E-state index in [1.807, 2.05) is 0 Å². The molecule has 0 bridgehead atoms. The number of nitrogens with two attached hydrogens (primary N) is 1. The van der Waals surface area contributed by atoms with Gasteiger partial charge in [0, 0.05) is 12.6 Å². The molecular formula is C19H31NO. The summed E-state index contributed by atoms with van der Waals surface area (Å²) >= 11 is 0. The molecule has 0 heterocycles. The minimum atomic E-state index is 0.107. The minimum Gasteiger partial charge on any atom is -0.377 e. The predicted octanol–water partition coefficient (Wildman–Crippen LogP) is 4.16. The highest BCUT2D eigenvalue weighted by Crippen LogP contribution is 2.30. The average molecular weight is 289 g/mol. The van der Waals surface area contributed by atoms with Crippen molar-refractivity contribution in [1.29, 1.82) is 0 Å². The Kier molecular flexibility index (Phi) is 6.25. The fraction of sp³-hybridized carbons (Fsp3) is 0.684. The van der Waals surface area contributed by atoms with Gasteiger partial charge in [-0.1, -0.05) is 37.5 Å². The van der Waals surface area contributed by atoms with E-state index in [0.717, 1.165) is 13.0 Å². The van der Waals surface area contributed by atoms with Crippen LogP contribution < -0.4 is 5.73 Å². The van der Waals surface area contributed by atoms with E-state index in [1.165, 1.54) is 48.8 Å². The van der Waals surface area contributed by atoms with Crippen molar-refractivity contribution < 1.29 is 4.74 Å². The van der Waals surface area contributed by atoms with E-state index in [9.17, 15) is 0 Å². The second-order valence-corrected chi connectivity index (χ2v) is 6.60. The summed E-state index contributed by atoms with van der Waals surface area (Å²) < 4.78 is 6.04. The molecule has 1 aromatic carbocycles. The molecule has 1 aromatic rings. The van der Waals surface area contributed by atoms with E-state index in [0.29, 0.717) is 5.92 Å². The molecule has 0 aliphatic heterocycles.